The van der Waals surface area contributed by atoms with E-state index in [9.17, 15) is 9.90 Å². The van der Waals surface area contributed by atoms with Crippen LogP contribution in [0, 0.1) is 0 Å². The first kappa shape index (κ1) is 13.1. The summed E-state index contributed by atoms with van der Waals surface area (Å²) in [6.07, 6.45) is 0.787. The number of aromatic carboxylic acids is 1. The van der Waals surface area contributed by atoms with Gasteiger partial charge in [0, 0.05) is 11.8 Å². The summed E-state index contributed by atoms with van der Waals surface area (Å²) in [5.41, 5.74) is 1.36. The fourth-order valence-electron chi connectivity index (χ4n) is 1.92. The highest BCUT2D eigenvalue weighted by atomic mass is 16.5. The molecule has 0 amide bonds. The molecule has 0 heterocycles. The lowest BCUT2D eigenvalue weighted by atomic mass is 10.0. The molecule has 2 aromatic carbocycles. The second-order valence-corrected chi connectivity index (χ2v) is 4.52. The van der Waals surface area contributed by atoms with Gasteiger partial charge in [0.1, 0.15) is 5.75 Å². The lowest BCUT2D eigenvalue weighted by Crippen LogP contribution is -2.01. The molecule has 0 fully saturated rings. The smallest absolute Gasteiger partial charge is 0.336 e. The Morgan fingerprint density at radius 2 is 1.89 bits per heavy atom. The Bertz CT molecular complexity index is 629. The highest BCUT2D eigenvalue weighted by Gasteiger charge is 2.11. The van der Waals surface area contributed by atoms with Crippen molar-refractivity contribution in [1.82, 2.24) is 0 Å². The Balaban J connectivity index is 2.38. The second kappa shape index (κ2) is 5.57. The summed E-state index contributed by atoms with van der Waals surface area (Å²) < 4.78 is 5.71. The average Bonchev–Trinajstić information content (AvgIpc) is 2.38. The molecule has 2 aromatic rings. The normalized spacial score (nSPS) is 10.4. The van der Waals surface area contributed by atoms with Gasteiger partial charge in [0.05, 0.1) is 12.2 Å². The van der Waals surface area contributed by atoms with E-state index in [2.05, 4.69) is 6.58 Å². The lowest BCUT2D eigenvalue weighted by Gasteiger charge is -2.11. The molecule has 0 aromatic heterocycles. The highest BCUT2D eigenvalue weighted by molar-refractivity contribution is 6.05. The summed E-state index contributed by atoms with van der Waals surface area (Å²) in [6.45, 7) is 6.33. The van der Waals surface area contributed by atoms with E-state index in [0.717, 1.165) is 17.4 Å². The average molecular weight is 256 g/mol. The van der Waals surface area contributed by atoms with E-state index in [1.54, 1.807) is 18.2 Å². The zero-order chi connectivity index (χ0) is 13.8. The van der Waals surface area contributed by atoms with Gasteiger partial charge in [0.2, 0.25) is 0 Å². The molecule has 0 unspecified atom stereocenters. The molecule has 0 radical (unpaired) electrons. The molecule has 2 rings (SSSR count). The maximum absolute atomic E-state index is 11.2. The van der Waals surface area contributed by atoms with Crippen LogP contribution in [0.5, 0.6) is 5.75 Å². The highest BCUT2D eigenvalue weighted by Crippen LogP contribution is 2.28. The number of benzene rings is 2. The summed E-state index contributed by atoms with van der Waals surface area (Å²) in [5.74, 6) is -0.216. The van der Waals surface area contributed by atoms with Gasteiger partial charge in [-0.15, -0.1) is 6.58 Å². The largest absolute Gasteiger partial charge is 0.493 e. The maximum Gasteiger partial charge on any atom is 0.336 e. The van der Waals surface area contributed by atoms with E-state index < -0.39 is 5.97 Å². The van der Waals surface area contributed by atoms with E-state index in [1.165, 1.54) is 0 Å². The summed E-state index contributed by atoms with van der Waals surface area (Å²) in [5, 5.41) is 10.7. The molecule has 98 valence electrons. The van der Waals surface area contributed by atoms with Crippen LogP contribution in [0.4, 0.5) is 0 Å². The molecule has 19 heavy (non-hydrogen) atoms. The molecule has 1 N–H and O–H groups in total. The molecule has 0 aliphatic rings. The number of rotatable bonds is 5. The number of hydrogen-bond acceptors (Lipinski definition) is 2. The first-order chi connectivity index (χ1) is 9.09. The van der Waals surface area contributed by atoms with Crippen LogP contribution in [0.1, 0.15) is 23.7 Å². The standard InChI is InChI=1S/C16H16O3/c1-11(2)9-10-19-15-8-7-14(16(17)18)12-5-3-4-6-13(12)15/h3-8H,1,9-10H2,2H3,(H,17,18). The van der Waals surface area contributed by atoms with Crippen molar-refractivity contribution < 1.29 is 14.6 Å². The van der Waals surface area contributed by atoms with Crippen molar-refractivity contribution in [2.75, 3.05) is 6.61 Å². The molecule has 3 nitrogen and oxygen atoms in total. The first-order valence-corrected chi connectivity index (χ1v) is 6.12. The van der Waals surface area contributed by atoms with Gasteiger partial charge in [-0.05, 0) is 24.4 Å². The van der Waals surface area contributed by atoms with E-state index >= 15 is 0 Å². The van der Waals surface area contributed by atoms with E-state index in [-0.39, 0.29) is 0 Å². The Labute approximate surface area is 112 Å². The van der Waals surface area contributed by atoms with Gasteiger partial charge in [-0.1, -0.05) is 29.8 Å². The van der Waals surface area contributed by atoms with Crippen LogP contribution in [-0.2, 0) is 0 Å². The number of carboxylic acids is 1. The van der Waals surface area contributed by atoms with Crippen LogP contribution < -0.4 is 4.74 Å². The fraction of sp³-hybridized carbons (Fsp3) is 0.188. The number of hydrogen-bond donors (Lipinski definition) is 1. The minimum absolute atomic E-state index is 0.294. The predicted octanol–water partition coefficient (Wildman–Crippen LogP) is 3.88. The Morgan fingerprint density at radius 3 is 2.53 bits per heavy atom. The Hall–Kier alpha value is -2.29. The van der Waals surface area contributed by atoms with Crippen LogP contribution in [0.2, 0.25) is 0 Å². The molecule has 0 saturated heterocycles. The first-order valence-electron chi connectivity index (χ1n) is 6.12. The van der Waals surface area contributed by atoms with Crippen molar-refractivity contribution in [1.29, 1.82) is 0 Å². The SMILES string of the molecule is C=C(C)CCOc1ccc(C(=O)O)c2ccccc12. The minimum atomic E-state index is -0.926. The van der Waals surface area contributed by atoms with Gasteiger partial charge in [-0.2, -0.15) is 0 Å². The van der Waals surface area contributed by atoms with E-state index in [1.807, 2.05) is 25.1 Å². The van der Waals surface area contributed by atoms with Gasteiger partial charge in [0.15, 0.2) is 0 Å². The molecular weight excluding hydrogens is 240 g/mol. The lowest BCUT2D eigenvalue weighted by molar-refractivity contribution is 0.0699. The van der Waals surface area contributed by atoms with Gasteiger partial charge in [-0.3, -0.25) is 0 Å². The molecule has 3 heteroatoms. The number of carbonyl (C=O) groups is 1. The Morgan fingerprint density at radius 1 is 1.21 bits per heavy atom. The third-order valence-corrected chi connectivity index (χ3v) is 2.90. The zero-order valence-corrected chi connectivity index (χ0v) is 10.8. The van der Waals surface area contributed by atoms with Gasteiger partial charge >= 0.3 is 5.97 Å². The fourth-order valence-corrected chi connectivity index (χ4v) is 1.92. The molecular formula is C16H16O3. The molecule has 0 spiro atoms. The molecule has 0 aliphatic carbocycles. The second-order valence-electron chi connectivity index (χ2n) is 4.52. The van der Waals surface area contributed by atoms with Crippen LogP contribution in [0.3, 0.4) is 0 Å². The van der Waals surface area contributed by atoms with E-state index in [4.69, 9.17) is 4.74 Å². The van der Waals surface area contributed by atoms with Crippen LogP contribution in [0.15, 0.2) is 48.6 Å². The maximum atomic E-state index is 11.2. The summed E-state index contributed by atoms with van der Waals surface area (Å²) in [4.78, 5) is 11.2. The summed E-state index contributed by atoms with van der Waals surface area (Å²) in [7, 11) is 0. The van der Waals surface area contributed by atoms with Crippen molar-refractivity contribution in [3.05, 3.63) is 54.1 Å². The molecule has 0 bridgehead atoms. The summed E-state index contributed by atoms with van der Waals surface area (Å²) in [6, 6.07) is 10.7. The summed E-state index contributed by atoms with van der Waals surface area (Å²) >= 11 is 0. The van der Waals surface area contributed by atoms with Crippen molar-refractivity contribution in [3.8, 4) is 5.75 Å². The van der Waals surface area contributed by atoms with Crippen LogP contribution in [-0.4, -0.2) is 17.7 Å². The van der Waals surface area contributed by atoms with Crippen LogP contribution in [0.25, 0.3) is 10.8 Å². The van der Waals surface area contributed by atoms with Crippen molar-refractivity contribution in [3.63, 3.8) is 0 Å². The number of ether oxygens (including phenoxy) is 1. The number of fused-ring (bicyclic) bond motifs is 1. The third-order valence-electron chi connectivity index (χ3n) is 2.90. The topological polar surface area (TPSA) is 46.5 Å². The van der Waals surface area contributed by atoms with Gasteiger partial charge in [0.25, 0.3) is 0 Å². The van der Waals surface area contributed by atoms with Crippen LogP contribution >= 0.6 is 0 Å². The minimum Gasteiger partial charge on any atom is -0.493 e. The van der Waals surface area contributed by atoms with Crippen molar-refractivity contribution in [2.24, 2.45) is 0 Å². The molecule has 0 atom stereocenters. The molecule has 0 aliphatic heterocycles. The number of carboxylic acid groups (broad SMARTS) is 1. The zero-order valence-electron chi connectivity index (χ0n) is 10.8. The molecule has 0 saturated carbocycles. The predicted molar refractivity (Wildman–Crippen MR) is 75.8 cm³/mol. The quantitative estimate of drug-likeness (QED) is 0.826. The van der Waals surface area contributed by atoms with Gasteiger partial charge < -0.3 is 9.84 Å². The van der Waals surface area contributed by atoms with Crippen molar-refractivity contribution in [2.45, 2.75) is 13.3 Å². The van der Waals surface area contributed by atoms with E-state index in [0.29, 0.717) is 23.3 Å². The monoisotopic (exact) mass is 256 g/mol. The third kappa shape index (κ3) is 2.94. The Kier molecular flexibility index (Phi) is 3.85. The van der Waals surface area contributed by atoms with Gasteiger partial charge in [-0.25, -0.2) is 4.79 Å². The van der Waals surface area contributed by atoms with Crippen molar-refractivity contribution >= 4 is 16.7 Å².